The summed E-state index contributed by atoms with van der Waals surface area (Å²) in [6, 6.07) is 0. The molecule has 1 spiro atoms. The Morgan fingerprint density at radius 1 is 1.09 bits per heavy atom. The zero-order chi connectivity index (χ0) is 7.24. The van der Waals surface area contributed by atoms with E-state index >= 15 is 0 Å². The molecule has 1 heterocycles. The van der Waals surface area contributed by atoms with Crippen molar-refractivity contribution in [2.24, 2.45) is 5.41 Å². The summed E-state index contributed by atoms with van der Waals surface area (Å²) in [6.07, 6.45) is 2.14. The highest BCUT2D eigenvalue weighted by Gasteiger charge is 2.62. The van der Waals surface area contributed by atoms with E-state index in [1.165, 1.54) is 0 Å². The summed E-state index contributed by atoms with van der Waals surface area (Å²) in [6.45, 7) is 0.669. The number of rotatable bonds is 0. The number of alkyl halides is 2. The molecule has 0 atom stereocenters. The van der Waals surface area contributed by atoms with E-state index in [0.29, 0.717) is 6.42 Å². The predicted octanol–water partition coefficient (Wildman–Crippen LogP) is 1.82. The molecule has 11 heavy (non-hydrogen) atoms. The molecule has 0 aromatic rings. The number of hydrogen-bond donors (Lipinski definition) is 1. The van der Waals surface area contributed by atoms with Crippen molar-refractivity contribution in [3.63, 3.8) is 0 Å². The van der Waals surface area contributed by atoms with Gasteiger partial charge in [-0.3, -0.25) is 0 Å². The fourth-order valence-electron chi connectivity index (χ4n) is 1.71. The molecular weight excluding hydrogens is 172 g/mol. The molecule has 0 aromatic carbocycles. The Kier molecular flexibility index (Phi) is 2.14. The highest BCUT2D eigenvalue weighted by atomic mass is 35.5. The molecule has 0 bridgehead atoms. The zero-order valence-corrected chi connectivity index (χ0v) is 7.02. The first-order chi connectivity index (χ1) is 4.66. The Hall–Kier alpha value is 0.110. The third-order valence-corrected chi connectivity index (χ3v) is 2.76. The summed E-state index contributed by atoms with van der Waals surface area (Å²) in [7, 11) is 0. The van der Waals surface area contributed by atoms with Crippen molar-refractivity contribution < 1.29 is 8.78 Å². The topological polar surface area (TPSA) is 12.0 Å². The van der Waals surface area contributed by atoms with Gasteiger partial charge in [0, 0.05) is 5.41 Å². The lowest BCUT2D eigenvalue weighted by molar-refractivity contribution is -0.0878. The van der Waals surface area contributed by atoms with Crippen LogP contribution in [0.4, 0.5) is 8.78 Å². The summed E-state index contributed by atoms with van der Waals surface area (Å²) in [5.74, 6) is -2.43. The van der Waals surface area contributed by atoms with Crippen LogP contribution in [0.15, 0.2) is 0 Å². The third-order valence-electron chi connectivity index (χ3n) is 2.76. The van der Waals surface area contributed by atoms with Crippen LogP contribution >= 0.6 is 12.4 Å². The van der Waals surface area contributed by atoms with Crippen molar-refractivity contribution in [3.05, 3.63) is 0 Å². The average Bonchev–Trinajstić information content (AvgIpc) is 2.59. The number of hydrogen-bond acceptors (Lipinski definition) is 1. The van der Waals surface area contributed by atoms with Gasteiger partial charge < -0.3 is 5.32 Å². The number of piperidine rings is 1. The van der Waals surface area contributed by atoms with E-state index in [1.54, 1.807) is 0 Å². The molecule has 0 aromatic heterocycles. The SMILES string of the molecule is Cl.FC1(F)CNCCC12CC2. The second-order valence-corrected chi connectivity index (χ2v) is 3.41. The molecule has 1 N–H and O–H groups in total. The van der Waals surface area contributed by atoms with Gasteiger partial charge in [-0.1, -0.05) is 0 Å². The van der Waals surface area contributed by atoms with Crippen LogP contribution in [-0.2, 0) is 0 Å². The van der Waals surface area contributed by atoms with Gasteiger partial charge in [0.25, 0.3) is 5.92 Å². The standard InChI is InChI=1S/C7H11F2N.ClH/c8-7(9)5-10-4-3-6(7)1-2-6;/h10H,1-5H2;1H. The van der Waals surface area contributed by atoms with Crippen LogP contribution in [0.5, 0.6) is 0 Å². The van der Waals surface area contributed by atoms with Gasteiger partial charge in [-0.05, 0) is 25.8 Å². The monoisotopic (exact) mass is 183 g/mol. The van der Waals surface area contributed by atoms with Gasteiger partial charge in [-0.2, -0.15) is 0 Å². The molecule has 2 aliphatic rings. The summed E-state index contributed by atoms with van der Waals surface area (Å²) < 4.78 is 26.0. The Morgan fingerprint density at radius 3 is 2.09 bits per heavy atom. The van der Waals surface area contributed by atoms with E-state index in [-0.39, 0.29) is 19.0 Å². The summed E-state index contributed by atoms with van der Waals surface area (Å²) in [4.78, 5) is 0. The van der Waals surface area contributed by atoms with Crippen molar-refractivity contribution in [1.29, 1.82) is 0 Å². The first kappa shape index (κ1) is 9.20. The third kappa shape index (κ3) is 1.25. The molecule has 1 saturated carbocycles. The molecule has 2 fully saturated rings. The molecule has 2 rings (SSSR count). The van der Waals surface area contributed by atoms with Crippen LogP contribution in [-0.4, -0.2) is 19.0 Å². The fraction of sp³-hybridized carbons (Fsp3) is 1.00. The van der Waals surface area contributed by atoms with Crippen LogP contribution in [0.2, 0.25) is 0 Å². The van der Waals surface area contributed by atoms with Crippen molar-refractivity contribution in [2.45, 2.75) is 25.2 Å². The van der Waals surface area contributed by atoms with Crippen molar-refractivity contribution in [2.75, 3.05) is 13.1 Å². The van der Waals surface area contributed by atoms with Gasteiger partial charge in [-0.15, -0.1) is 12.4 Å². The first-order valence-corrected chi connectivity index (χ1v) is 3.75. The normalized spacial score (nSPS) is 31.1. The van der Waals surface area contributed by atoms with Gasteiger partial charge in [0.2, 0.25) is 0 Å². The second kappa shape index (κ2) is 2.56. The van der Waals surface area contributed by atoms with Crippen molar-refractivity contribution in [1.82, 2.24) is 5.32 Å². The summed E-state index contributed by atoms with van der Waals surface area (Å²) in [5.41, 5.74) is -0.571. The van der Waals surface area contributed by atoms with Gasteiger partial charge >= 0.3 is 0 Å². The van der Waals surface area contributed by atoms with E-state index in [1.807, 2.05) is 0 Å². The minimum absolute atomic E-state index is 0. The quantitative estimate of drug-likeness (QED) is 0.604. The minimum atomic E-state index is -2.43. The van der Waals surface area contributed by atoms with Crippen molar-refractivity contribution >= 4 is 12.4 Å². The fourth-order valence-corrected chi connectivity index (χ4v) is 1.71. The molecule has 0 amide bonds. The average molecular weight is 184 g/mol. The highest BCUT2D eigenvalue weighted by molar-refractivity contribution is 5.85. The predicted molar refractivity (Wildman–Crippen MR) is 41.3 cm³/mol. The van der Waals surface area contributed by atoms with E-state index in [2.05, 4.69) is 5.32 Å². The first-order valence-electron chi connectivity index (χ1n) is 3.75. The molecule has 1 nitrogen and oxygen atoms in total. The smallest absolute Gasteiger partial charge is 0.265 e. The van der Waals surface area contributed by atoms with Crippen LogP contribution in [0.3, 0.4) is 0 Å². The number of halogens is 3. The largest absolute Gasteiger partial charge is 0.311 e. The maximum absolute atomic E-state index is 13.0. The Bertz CT molecular complexity index is 151. The molecule has 4 heteroatoms. The van der Waals surface area contributed by atoms with E-state index in [4.69, 9.17) is 0 Å². The molecule has 66 valence electrons. The van der Waals surface area contributed by atoms with Crippen molar-refractivity contribution in [3.8, 4) is 0 Å². The summed E-state index contributed by atoms with van der Waals surface area (Å²) >= 11 is 0. The number of nitrogens with one attached hydrogen (secondary N) is 1. The van der Waals surface area contributed by atoms with Gasteiger partial charge in [0.05, 0.1) is 6.54 Å². The van der Waals surface area contributed by atoms with Crippen LogP contribution in [0.25, 0.3) is 0 Å². The van der Waals surface area contributed by atoms with Gasteiger partial charge in [0.1, 0.15) is 0 Å². The van der Waals surface area contributed by atoms with Gasteiger partial charge in [-0.25, -0.2) is 8.78 Å². The lowest BCUT2D eigenvalue weighted by Gasteiger charge is -2.31. The maximum atomic E-state index is 13.0. The maximum Gasteiger partial charge on any atom is 0.265 e. The van der Waals surface area contributed by atoms with Crippen LogP contribution < -0.4 is 5.32 Å². The lowest BCUT2D eigenvalue weighted by Crippen LogP contribution is -2.47. The van der Waals surface area contributed by atoms with E-state index in [0.717, 1.165) is 19.4 Å². The Morgan fingerprint density at radius 2 is 1.73 bits per heavy atom. The highest BCUT2D eigenvalue weighted by Crippen LogP contribution is 2.59. The Balaban J connectivity index is 0.000000605. The molecule has 1 saturated heterocycles. The lowest BCUT2D eigenvalue weighted by atomic mass is 9.91. The molecule has 0 radical (unpaired) electrons. The Labute approximate surface area is 71.0 Å². The molecule has 1 aliphatic carbocycles. The minimum Gasteiger partial charge on any atom is -0.311 e. The van der Waals surface area contributed by atoms with Crippen LogP contribution in [0.1, 0.15) is 19.3 Å². The van der Waals surface area contributed by atoms with E-state index in [9.17, 15) is 8.78 Å². The molecule has 1 aliphatic heterocycles. The molecular formula is C7H12ClF2N. The molecule has 0 unspecified atom stereocenters. The van der Waals surface area contributed by atoms with Crippen LogP contribution in [0, 0.1) is 5.41 Å². The van der Waals surface area contributed by atoms with E-state index < -0.39 is 11.3 Å². The summed E-state index contributed by atoms with van der Waals surface area (Å²) in [5, 5.41) is 2.72. The zero-order valence-electron chi connectivity index (χ0n) is 6.20. The van der Waals surface area contributed by atoms with Gasteiger partial charge in [0.15, 0.2) is 0 Å². The second-order valence-electron chi connectivity index (χ2n) is 3.41.